The molecule has 0 unspecified atom stereocenters. The molecule has 9 nitrogen and oxygen atoms in total. The summed E-state index contributed by atoms with van der Waals surface area (Å²) in [7, 11) is 1.57. The van der Waals surface area contributed by atoms with Crippen LogP contribution in [-0.4, -0.2) is 36.4 Å². The van der Waals surface area contributed by atoms with Gasteiger partial charge >= 0.3 is 0 Å². The second-order valence-corrected chi connectivity index (χ2v) is 6.72. The van der Waals surface area contributed by atoms with E-state index in [1.807, 2.05) is 42.5 Å². The highest BCUT2D eigenvalue weighted by molar-refractivity contribution is 6.32. The number of nitrogens with one attached hydrogen (secondary N) is 2. The van der Waals surface area contributed by atoms with Gasteiger partial charge in [-0.05, 0) is 33.6 Å². The van der Waals surface area contributed by atoms with Gasteiger partial charge in [0.2, 0.25) is 11.5 Å². The highest BCUT2D eigenvalue weighted by Gasteiger charge is 2.15. The van der Waals surface area contributed by atoms with Crippen LogP contribution in [0.3, 0.4) is 0 Å². The van der Waals surface area contributed by atoms with Crippen LogP contribution in [0.5, 0.6) is 11.5 Å². The summed E-state index contributed by atoms with van der Waals surface area (Å²) in [6.07, 6.45) is 0. The van der Waals surface area contributed by atoms with Gasteiger partial charge in [-0.15, -0.1) is 0 Å². The Morgan fingerprint density at radius 1 is 1.17 bits per heavy atom. The minimum absolute atomic E-state index is 0.0300. The number of methoxy groups -OCH3 is 1. The second kappa shape index (κ2) is 10.5. The van der Waals surface area contributed by atoms with E-state index in [0.29, 0.717) is 42.8 Å². The van der Waals surface area contributed by atoms with E-state index in [0.717, 1.165) is 11.1 Å². The van der Waals surface area contributed by atoms with Crippen LogP contribution in [0.15, 0.2) is 47.1 Å². The zero-order valence-corrected chi connectivity index (χ0v) is 17.1. The van der Waals surface area contributed by atoms with Crippen molar-refractivity contribution in [3.63, 3.8) is 0 Å². The Labute approximate surface area is 178 Å². The van der Waals surface area contributed by atoms with Gasteiger partial charge in [0.25, 0.3) is 5.91 Å². The third-order valence-electron chi connectivity index (χ3n) is 4.16. The van der Waals surface area contributed by atoms with E-state index in [-0.39, 0.29) is 11.5 Å². The topological polar surface area (TPSA) is 125 Å². The highest BCUT2D eigenvalue weighted by atomic mass is 35.5. The fraction of sp³-hybridized carbons (Fsp3) is 0.250. The molecule has 1 amide bonds. The number of carbonyl (C=O) groups is 1. The summed E-state index contributed by atoms with van der Waals surface area (Å²) in [6.45, 7) is 1.80. The summed E-state index contributed by atoms with van der Waals surface area (Å²) in [5, 5.41) is 13.2. The first kappa shape index (κ1) is 21.4. The monoisotopic (exact) mass is 431 g/mol. The van der Waals surface area contributed by atoms with E-state index in [1.54, 1.807) is 7.11 Å². The largest absolute Gasteiger partial charge is 0.493 e. The predicted octanol–water partition coefficient (Wildman–Crippen LogP) is 2.41. The lowest BCUT2D eigenvalue weighted by atomic mass is 10.2. The van der Waals surface area contributed by atoms with Crippen molar-refractivity contribution < 1.29 is 18.9 Å². The number of hydrogen-bond donors (Lipinski definition) is 3. The van der Waals surface area contributed by atoms with Crippen molar-refractivity contribution in [3.05, 3.63) is 64.3 Å². The van der Waals surface area contributed by atoms with E-state index in [1.165, 1.54) is 0 Å². The number of anilines is 1. The first-order valence-electron chi connectivity index (χ1n) is 9.18. The summed E-state index contributed by atoms with van der Waals surface area (Å²) in [5.41, 5.74) is 7.40. The van der Waals surface area contributed by atoms with Gasteiger partial charge < -0.3 is 25.8 Å². The SMILES string of the molecule is COc1cc(CNCCNC(=O)c2nonc2N)cc(Cl)c1OCc1ccccc1. The summed E-state index contributed by atoms with van der Waals surface area (Å²) < 4.78 is 15.7. The molecule has 0 saturated carbocycles. The van der Waals surface area contributed by atoms with Crippen molar-refractivity contribution in [1.82, 2.24) is 20.9 Å². The Kier molecular flexibility index (Phi) is 7.47. The van der Waals surface area contributed by atoms with Crippen LogP contribution in [0.4, 0.5) is 5.82 Å². The minimum Gasteiger partial charge on any atom is -0.493 e. The Hall–Kier alpha value is -3.30. The van der Waals surface area contributed by atoms with Crippen LogP contribution in [0.1, 0.15) is 21.6 Å². The number of rotatable bonds is 10. The van der Waals surface area contributed by atoms with Gasteiger partial charge in [0.05, 0.1) is 12.1 Å². The number of nitrogens with zero attached hydrogens (tertiary/aromatic N) is 2. The van der Waals surface area contributed by atoms with E-state index in [2.05, 4.69) is 25.6 Å². The molecule has 0 bridgehead atoms. The van der Waals surface area contributed by atoms with Crippen LogP contribution in [0.2, 0.25) is 5.02 Å². The summed E-state index contributed by atoms with van der Waals surface area (Å²) >= 11 is 6.41. The predicted molar refractivity (Wildman–Crippen MR) is 112 cm³/mol. The van der Waals surface area contributed by atoms with Gasteiger partial charge in [0, 0.05) is 19.6 Å². The Balaban J connectivity index is 1.49. The molecule has 0 fully saturated rings. The van der Waals surface area contributed by atoms with Crippen molar-refractivity contribution in [1.29, 1.82) is 0 Å². The van der Waals surface area contributed by atoms with Gasteiger partial charge in [0.15, 0.2) is 11.5 Å². The van der Waals surface area contributed by atoms with Crippen molar-refractivity contribution in [2.45, 2.75) is 13.2 Å². The molecule has 4 N–H and O–H groups in total. The van der Waals surface area contributed by atoms with E-state index in [4.69, 9.17) is 26.8 Å². The lowest BCUT2D eigenvalue weighted by Gasteiger charge is -2.15. The zero-order valence-electron chi connectivity index (χ0n) is 16.4. The molecule has 1 heterocycles. The molecule has 10 heteroatoms. The Morgan fingerprint density at radius 3 is 2.67 bits per heavy atom. The molecule has 0 aliphatic rings. The van der Waals surface area contributed by atoms with Gasteiger partial charge in [0.1, 0.15) is 6.61 Å². The number of halogens is 1. The molecule has 0 radical (unpaired) electrons. The quantitative estimate of drug-likeness (QED) is 0.418. The third-order valence-corrected chi connectivity index (χ3v) is 4.44. The minimum atomic E-state index is -0.444. The van der Waals surface area contributed by atoms with Gasteiger partial charge in [-0.2, -0.15) is 0 Å². The zero-order chi connectivity index (χ0) is 21.3. The number of benzene rings is 2. The molecule has 3 aromatic rings. The van der Waals surface area contributed by atoms with Crippen LogP contribution in [0.25, 0.3) is 0 Å². The Bertz CT molecular complexity index is 981. The van der Waals surface area contributed by atoms with E-state index >= 15 is 0 Å². The number of nitrogens with two attached hydrogens (primary N) is 1. The number of ether oxygens (including phenoxy) is 2. The summed E-state index contributed by atoms with van der Waals surface area (Å²) in [4.78, 5) is 11.9. The number of aromatic nitrogens is 2. The van der Waals surface area contributed by atoms with Gasteiger partial charge in [-0.1, -0.05) is 41.9 Å². The fourth-order valence-corrected chi connectivity index (χ4v) is 2.97. The number of carbonyl (C=O) groups excluding carboxylic acids is 1. The fourth-order valence-electron chi connectivity index (χ4n) is 2.68. The first-order valence-corrected chi connectivity index (χ1v) is 9.56. The second-order valence-electron chi connectivity index (χ2n) is 6.31. The lowest BCUT2D eigenvalue weighted by molar-refractivity contribution is 0.0944. The molecule has 0 atom stereocenters. The van der Waals surface area contributed by atoms with Crippen LogP contribution in [0, 0.1) is 0 Å². The van der Waals surface area contributed by atoms with Crippen molar-refractivity contribution in [3.8, 4) is 11.5 Å². The molecule has 3 rings (SSSR count). The number of amides is 1. The smallest absolute Gasteiger partial charge is 0.277 e. The van der Waals surface area contributed by atoms with E-state index < -0.39 is 5.91 Å². The molecule has 0 aliphatic carbocycles. The van der Waals surface area contributed by atoms with Crippen molar-refractivity contribution in [2.75, 3.05) is 25.9 Å². The average Bonchev–Trinajstić information content (AvgIpc) is 3.19. The van der Waals surface area contributed by atoms with Gasteiger partial charge in [-0.25, -0.2) is 4.63 Å². The molecule has 30 heavy (non-hydrogen) atoms. The van der Waals surface area contributed by atoms with Crippen LogP contribution in [-0.2, 0) is 13.2 Å². The first-order chi connectivity index (χ1) is 14.6. The third kappa shape index (κ3) is 5.62. The molecule has 0 spiro atoms. The highest BCUT2D eigenvalue weighted by Crippen LogP contribution is 2.37. The van der Waals surface area contributed by atoms with Crippen LogP contribution < -0.4 is 25.8 Å². The lowest BCUT2D eigenvalue weighted by Crippen LogP contribution is -2.32. The normalized spacial score (nSPS) is 10.6. The molecule has 158 valence electrons. The summed E-state index contributed by atoms with van der Waals surface area (Å²) in [6, 6.07) is 13.5. The maximum Gasteiger partial charge on any atom is 0.277 e. The standard InChI is InChI=1S/C20H22ClN5O4/c1-28-16-10-14(9-15(21)18(16)29-12-13-5-3-2-4-6-13)11-23-7-8-24-20(27)17-19(22)26-30-25-17/h2-6,9-10,23H,7-8,11-12H2,1H3,(H2,22,26)(H,24,27). The summed E-state index contributed by atoms with van der Waals surface area (Å²) in [5.74, 6) is 0.562. The maximum atomic E-state index is 11.9. The number of nitrogen functional groups attached to an aromatic ring is 1. The maximum absolute atomic E-state index is 11.9. The molecule has 2 aromatic carbocycles. The van der Waals surface area contributed by atoms with Crippen LogP contribution >= 0.6 is 11.6 Å². The molecule has 0 saturated heterocycles. The molecule has 1 aromatic heterocycles. The van der Waals surface area contributed by atoms with Crippen molar-refractivity contribution >= 4 is 23.3 Å². The molecular formula is C20H22ClN5O4. The Morgan fingerprint density at radius 2 is 1.97 bits per heavy atom. The van der Waals surface area contributed by atoms with Crippen molar-refractivity contribution in [2.24, 2.45) is 0 Å². The average molecular weight is 432 g/mol. The number of hydrogen-bond acceptors (Lipinski definition) is 8. The van der Waals surface area contributed by atoms with Gasteiger partial charge in [-0.3, -0.25) is 4.79 Å². The molecule has 0 aliphatic heterocycles. The van der Waals surface area contributed by atoms with E-state index in [9.17, 15) is 4.79 Å². The molecular weight excluding hydrogens is 410 g/mol.